The second kappa shape index (κ2) is 8.47. The van der Waals surface area contributed by atoms with Crippen molar-refractivity contribution >= 4 is 22.8 Å². The molecule has 3 aromatic rings. The zero-order valence-electron chi connectivity index (χ0n) is 15.8. The number of methoxy groups -OCH3 is 1. The fraction of sp³-hybridized carbons (Fsp3) is 0.238. The van der Waals surface area contributed by atoms with Crippen LogP contribution in [-0.4, -0.2) is 28.5 Å². The van der Waals surface area contributed by atoms with Crippen LogP contribution < -0.4 is 10.9 Å². The van der Waals surface area contributed by atoms with Gasteiger partial charge in [0.05, 0.1) is 29.9 Å². The third-order valence-electron chi connectivity index (χ3n) is 4.50. The molecule has 0 bridgehead atoms. The molecule has 1 heterocycles. The van der Waals surface area contributed by atoms with Crippen LogP contribution >= 0.6 is 0 Å². The molecule has 2 aromatic carbocycles. The van der Waals surface area contributed by atoms with Crippen molar-refractivity contribution in [2.45, 2.75) is 26.4 Å². The van der Waals surface area contributed by atoms with Gasteiger partial charge in [0, 0.05) is 19.5 Å². The lowest BCUT2D eigenvalue weighted by Gasteiger charge is -2.09. The zero-order valence-corrected chi connectivity index (χ0v) is 15.8. The number of hydrogen-bond acceptors (Lipinski definition) is 5. The van der Waals surface area contributed by atoms with Gasteiger partial charge in [0.15, 0.2) is 0 Å². The molecule has 1 aromatic heterocycles. The van der Waals surface area contributed by atoms with Crippen LogP contribution in [0.25, 0.3) is 10.9 Å². The second-order valence-corrected chi connectivity index (χ2v) is 6.43. The van der Waals surface area contributed by atoms with Crippen LogP contribution in [0.5, 0.6) is 0 Å². The summed E-state index contributed by atoms with van der Waals surface area (Å²) in [6.07, 6.45) is 1.65. The number of amides is 1. The van der Waals surface area contributed by atoms with E-state index in [1.54, 1.807) is 30.3 Å². The molecule has 1 N–H and O–H groups in total. The van der Waals surface area contributed by atoms with Crippen molar-refractivity contribution in [1.82, 2.24) is 14.9 Å². The minimum absolute atomic E-state index is 0.153. The van der Waals surface area contributed by atoms with Crippen LogP contribution in [0.15, 0.2) is 53.6 Å². The monoisotopic (exact) mass is 379 g/mol. The quantitative estimate of drug-likeness (QED) is 0.663. The van der Waals surface area contributed by atoms with Crippen LogP contribution in [0, 0.1) is 6.92 Å². The highest BCUT2D eigenvalue weighted by atomic mass is 16.5. The van der Waals surface area contributed by atoms with Crippen LogP contribution in [0.1, 0.15) is 27.9 Å². The number of fused-ring (bicyclic) bond motifs is 1. The first-order valence-corrected chi connectivity index (χ1v) is 8.88. The molecule has 7 nitrogen and oxygen atoms in total. The van der Waals surface area contributed by atoms with Crippen molar-refractivity contribution in [2.24, 2.45) is 0 Å². The van der Waals surface area contributed by atoms with E-state index in [0.29, 0.717) is 23.0 Å². The lowest BCUT2D eigenvalue weighted by molar-refractivity contribution is -0.121. The number of esters is 1. The van der Waals surface area contributed by atoms with E-state index in [2.05, 4.69) is 15.0 Å². The van der Waals surface area contributed by atoms with E-state index < -0.39 is 5.97 Å². The Balaban J connectivity index is 1.57. The molecule has 3 rings (SSSR count). The second-order valence-electron chi connectivity index (χ2n) is 6.43. The van der Waals surface area contributed by atoms with Gasteiger partial charge in [-0.2, -0.15) is 0 Å². The van der Waals surface area contributed by atoms with E-state index >= 15 is 0 Å². The van der Waals surface area contributed by atoms with Crippen LogP contribution in [0.2, 0.25) is 0 Å². The number of aryl methyl sites for hydroxylation is 2. The fourth-order valence-electron chi connectivity index (χ4n) is 2.88. The zero-order chi connectivity index (χ0) is 20.1. The fourth-order valence-corrected chi connectivity index (χ4v) is 2.88. The number of carbonyl (C=O) groups excluding carboxylic acids is 2. The van der Waals surface area contributed by atoms with E-state index in [1.807, 2.05) is 19.1 Å². The molecule has 0 fully saturated rings. The van der Waals surface area contributed by atoms with Gasteiger partial charge in [-0.25, -0.2) is 9.78 Å². The number of hydrogen-bond donors (Lipinski definition) is 1. The Morgan fingerprint density at radius 2 is 1.89 bits per heavy atom. The number of aromatic nitrogens is 2. The first-order valence-electron chi connectivity index (χ1n) is 8.88. The number of benzene rings is 2. The molecule has 0 atom stereocenters. The molecule has 0 saturated heterocycles. The summed E-state index contributed by atoms with van der Waals surface area (Å²) >= 11 is 0. The molecule has 0 saturated carbocycles. The van der Waals surface area contributed by atoms with Crippen molar-refractivity contribution in [3.63, 3.8) is 0 Å². The third-order valence-corrected chi connectivity index (χ3v) is 4.50. The van der Waals surface area contributed by atoms with E-state index in [-0.39, 0.29) is 24.4 Å². The van der Waals surface area contributed by atoms with Crippen molar-refractivity contribution in [2.75, 3.05) is 7.11 Å². The molecule has 0 aliphatic heterocycles. The maximum Gasteiger partial charge on any atom is 0.337 e. The van der Waals surface area contributed by atoms with E-state index in [0.717, 1.165) is 11.1 Å². The minimum Gasteiger partial charge on any atom is -0.465 e. The van der Waals surface area contributed by atoms with E-state index in [9.17, 15) is 14.4 Å². The number of nitrogens with zero attached hydrogens (tertiary/aromatic N) is 2. The van der Waals surface area contributed by atoms with Gasteiger partial charge in [-0.05, 0) is 36.2 Å². The van der Waals surface area contributed by atoms with Gasteiger partial charge in [-0.3, -0.25) is 14.2 Å². The Morgan fingerprint density at radius 1 is 1.14 bits per heavy atom. The predicted octanol–water partition coefficient (Wildman–Crippen LogP) is 2.20. The average molecular weight is 379 g/mol. The van der Waals surface area contributed by atoms with Gasteiger partial charge in [-0.15, -0.1) is 0 Å². The Kier molecular flexibility index (Phi) is 5.84. The Morgan fingerprint density at radius 3 is 2.61 bits per heavy atom. The van der Waals surface area contributed by atoms with Crippen molar-refractivity contribution in [1.29, 1.82) is 0 Å². The third kappa shape index (κ3) is 4.25. The number of ether oxygens (including phenoxy) is 1. The molecular weight excluding hydrogens is 358 g/mol. The molecule has 28 heavy (non-hydrogen) atoms. The normalized spacial score (nSPS) is 10.6. The topological polar surface area (TPSA) is 90.3 Å². The largest absolute Gasteiger partial charge is 0.465 e. The molecule has 144 valence electrons. The molecule has 0 aliphatic rings. The van der Waals surface area contributed by atoms with Gasteiger partial charge in [0.2, 0.25) is 5.91 Å². The number of carbonyl (C=O) groups is 2. The van der Waals surface area contributed by atoms with Gasteiger partial charge < -0.3 is 10.1 Å². The first-order chi connectivity index (χ1) is 13.5. The molecule has 0 aliphatic carbocycles. The van der Waals surface area contributed by atoms with E-state index in [1.165, 1.54) is 18.0 Å². The number of para-hydroxylation sites is 1. The molecular formula is C21H21N3O4. The van der Waals surface area contributed by atoms with Crippen LogP contribution in [-0.2, 0) is 22.6 Å². The maximum atomic E-state index is 12.5. The average Bonchev–Trinajstić information content (AvgIpc) is 2.72. The summed E-state index contributed by atoms with van der Waals surface area (Å²) in [4.78, 5) is 40.4. The number of nitrogens with one attached hydrogen (secondary N) is 1. The Hall–Kier alpha value is -3.48. The summed E-state index contributed by atoms with van der Waals surface area (Å²) in [6, 6.07) is 12.3. The SMILES string of the molecule is COC(=O)c1ccc(CNC(=O)CCn2cnc3c(C)cccc3c2=O)cc1. The summed E-state index contributed by atoms with van der Waals surface area (Å²) < 4.78 is 6.10. The van der Waals surface area contributed by atoms with Gasteiger partial charge in [0.1, 0.15) is 0 Å². The lowest BCUT2D eigenvalue weighted by atomic mass is 10.1. The summed E-state index contributed by atoms with van der Waals surface area (Å²) in [5.41, 5.74) is 2.79. The van der Waals surface area contributed by atoms with Gasteiger partial charge >= 0.3 is 5.97 Å². The Bertz CT molecular complexity index is 1070. The summed E-state index contributed by atoms with van der Waals surface area (Å²) in [6.45, 7) is 2.50. The summed E-state index contributed by atoms with van der Waals surface area (Å²) in [5.74, 6) is -0.575. The van der Waals surface area contributed by atoms with Gasteiger partial charge in [0.25, 0.3) is 5.56 Å². The Labute approximate surface area is 162 Å². The molecule has 7 heteroatoms. The van der Waals surface area contributed by atoms with Gasteiger partial charge in [-0.1, -0.05) is 24.3 Å². The van der Waals surface area contributed by atoms with E-state index in [4.69, 9.17) is 0 Å². The van der Waals surface area contributed by atoms with Crippen molar-refractivity contribution in [3.8, 4) is 0 Å². The molecule has 0 spiro atoms. The molecule has 1 amide bonds. The first kappa shape index (κ1) is 19.3. The molecule has 0 unspecified atom stereocenters. The highest BCUT2D eigenvalue weighted by molar-refractivity contribution is 5.89. The highest BCUT2D eigenvalue weighted by Gasteiger charge is 2.08. The van der Waals surface area contributed by atoms with Crippen molar-refractivity contribution in [3.05, 3.63) is 75.8 Å². The van der Waals surface area contributed by atoms with Crippen LogP contribution in [0.4, 0.5) is 0 Å². The highest BCUT2D eigenvalue weighted by Crippen LogP contribution is 2.11. The summed E-state index contributed by atoms with van der Waals surface area (Å²) in [7, 11) is 1.33. The van der Waals surface area contributed by atoms with Crippen molar-refractivity contribution < 1.29 is 14.3 Å². The minimum atomic E-state index is -0.403. The smallest absolute Gasteiger partial charge is 0.337 e. The standard InChI is InChI=1S/C21H21N3O4/c1-14-4-3-5-17-19(14)23-13-24(20(17)26)11-10-18(25)22-12-15-6-8-16(9-7-15)21(27)28-2/h3-9,13H,10-12H2,1-2H3,(H,22,25). The predicted molar refractivity (Wildman–Crippen MR) is 105 cm³/mol. The van der Waals surface area contributed by atoms with Crippen LogP contribution in [0.3, 0.4) is 0 Å². The lowest BCUT2D eigenvalue weighted by Crippen LogP contribution is -2.27. The summed E-state index contributed by atoms with van der Waals surface area (Å²) in [5, 5.41) is 3.36. The maximum absolute atomic E-state index is 12.5. The molecule has 0 radical (unpaired) electrons. The number of rotatable bonds is 6.